The molecule has 0 aliphatic carbocycles. The summed E-state index contributed by atoms with van der Waals surface area (Å²) < 4.78 is 17.6. The van der Waals surface area contributed by atoms with E-state index in [1.807, 2.05) is 47.2 Å². The molecular formula is C21H22N2O4. The fourth-order valence-corrected chi connectivity index (χ4v) is 2.98. The minimum atomic E-state index is -0.341. The Morgan fingerprint density at radius 1 is 1.04 bits per heavy atom. The van der Waals surface area contributed by atoms with Gasteiger partial charge in [-0.25, -0.2) is 9.78 Å². The van der Waals surface area contributed by atoms with E-state index in [-0.39, 0.29) is 5.97 Å². The summed E-state index contributed by atoms with van der Waals surface area (Å²) in [6.07, 6.45) is 4.30. The van der Waals surface area contributed by atoms with Crippen LogP contribution < -0.4 is 9.47 Å². The highest BCUT2D eigenvalue weighted by Crippen LogP contribution is 2.28. The number of nitrogens with zero attached hydrogens (tertiary/aromatic N) is 2. The summed E-state index contributed by atoms with van der Waals surface area (Å²) in [5.41, 5.74) is 2.50. The number of ether oxygens (including phenoxy) is 3. The van der Waals surface area contributed by atoms with Crippen LogP contribution in [0.2, 0.25) is 0 Å². The van der Waals surface area contributed by atoms with Crippen molar-refractivity contribution < 1.29 is 19.0 Å². The highest BCUT2D eigenvalue weighted by Gasteiger charge is 2.13. The van der Waals surface area contributed by atoms with Gasteiger partial charge in [0.25, 0.3) is 0 Å². The molecule has 0 unspecified atom stereocenters. The summed E-state index contributed by atoms with van der Waals surface area (Å²) >= 11 is 0. The number of benzene rings is 2. The lowest BCUT2D eigenvalue weighted by Gasteiger charge is -2.12. The van der Waals surface area contributed by atoms with Gasteiger partial charge < -0.3 is 18.8 Å². The van der Waals surface area contributed by atoms with Crippen molar-refractivity contribution in [1.82, 2.24) is 9.55 Å². The Bertz CT molecular complexity index is 933. The molecule has 6 nitrogen and oxygen atoms in total. The summed E-state index contributed by atoms with van der Waals surface area (Å²) in [4.78, 5) is 16.5. The number of esters is 1. The molecule has 0 aliphatic heterocycles. The molecule has 1 aromatic heterocycles. The molecule has 0 saturated carbocycles. The third-order valence-electron chi connectivity index (χ3n) is 4.38. The van der Waals surface area contributed by atoms with Crippen molar-refractivity contribution in [3.05, 3.63) is 77.4 Å². The van der Waals surface area contributed by atoms with Gasteiger partial charge in [-0.3, -0.25) is 0 Å². The molecule has 0 aliphatic rings. The first-order chi connectivity index (χ1) is 13.2. The summed E-state index contributed by atoms with van der Waals surface area (Å²) in [5, 5.41) is 0. The second-order valence-electron chi connectivity index (χ2n) is 5.99. The first-order valence-corrected chi connectivity index (χ1v) is 8.53. The zero-order valence-corrected chi connectivity index (χ0v) is 15.6. The lowest BCUT2D eigenvalue weighted by molar-refractivity contribution is 0.0599. The molecule has 3 aromatic rings. The van der Waals surface area contributed by atoms with Crippen molar-refractivity contribution in [2.45, 2.75) is 13.0 Å². The second kappa shape index (κ2) is 8.40. The van der Waals surface area contributed by atoms with Crippen LogP contribution >= 0.6 is 0 Å². The molecule has 0 atom stereocenters. The van der Waals surface area contributed by atoms with Crippen molar-refractivity contribution >= 4 is 5.97 Å². The molecule has 0 amide bonds. The third kappa shape index (κ3) is 4.11. The van der Waals surface area contributed by atoms with Crippen molar-refractivity contribution in [2.24, 2.45) is 0 Å². The fourth-order valence-electron chi connectivity index (χ4n) is 2.98. The van der Waals surface area contributed by atoms with E-state index in [1.54, 1.807) is 26.5 Å². The number of hydrogen-bond donors (Lipinski definition) is 0. The zero-order chi connectivity index (χ0) is 19.2. The van der Waals surface area contributed by atoms with E-state index in [9.17, 15) is 4.79 Å². The van der Waals surface area contributed by atoms with Crippen LogP contribution in [0.3, 0.4) is 0 Å². The van der Waals surface area contributed by atoms with Crippen LogP contribution in [0.1, 0.15) is 27.3 Å². The maximum atomic E-state index is 12.0. The Morgan fingerprint density at radius 3 is 2.56 bits per heavy atom. The summed E-state index contributed by atoms with van der Waals surface area (Å²) in [6.45, 7) is 0.536. The Morgan fingerprint density at radius 2 is 1.81 bits per heavy atom. The van der Waals surface area contributed by atoms with Gasteiger partial charge in [-0.15, -0.1) is 0 Å². The Labute approximate surface area is 158 Å². The lowest BCUT2D eigenvalue weighted by atomic mass is 10.1. The number of carbonyl (C=O) groups is 1. The summed E-state index contributed by atoms with van der Waals surface area (Å²) in [6, 6.07) is 13.2. The SMILES string of the molecule is COC(=O)c1ccccc1Cn1ccnc1Cc1ccc(OC)c(OC)c1. The maximum Gasteiger partial charge on any atom is 0.338 e. The molecule has 0 spiro atoms. The number of carbonyl (C=O) groups excluding carboxylic acids is 1. The predicted molar refractivity (Wildman–Crippen MR) is 101 cm³/mol. The van der Waals surface area contributed by atoms with Crippen LogP contribution in [-0.2, 0) is 17.7 Å². The van der Waals surface area contributed by atoms with Crippen molar-refractivity contribution in [2.75, 3.05) is 21.3 Å². The van der Waals surface area contributed by atoms with E-state index < -0.39 is 0 Å². The van der Waals surface area contributed by atoms with Gasteiger partial charge in [-0.05, 0) is 29.3 Å². The van der Waals surface area contributed by atoms with Gasteiger partial charge in [-0.1, -0.05) is 24.3 Å². The molecule has 0 N–H and O–H groups in total. The van der Waals surface area contributed by atoms with E-state index in [0.717, 1.165) is 17.0 Å². The van der Waals surface area contributed by atoms with E-state index >= 15 is 0 Å². The predicted octanol–water partition coefficient (Wildman–Crippen LogP) is 3.33. The number of hydrogen-bond acceptors (Lipinski definition) is 5. The van der Waals surface area contributed by atoms with Gasteiger partial charge in [0.1, 0.15) is 5.82 Å². The minimum Gasteiger partial charge on any atom is -0.493 e. The molecule has 0 fully saturated rings. The van der Waals surface area contributed by atoms with Crippen LogP contribution in [0.15, 0.2) is 54.9 Å². The van der Waals surface area contributed by atoms with Crippen LogP contribution in [0.4, 0.5) is 0 Å². The first kappa shape index (κ1) is 18.5. The molecule has 6 heteroatoms. The average Bonchev–Trinajstić information content (AvgIpc) is 3.14. The molecule has 2 aromatic carbocycles. The molecule has 140 valence electrons. The highest BCUT2D eigenvalue weighted by atomic mass is 16.5. The fraction of sp³-hybridized carbons (Fsp3) is 0.238. The quantitative estimate of drug-likeness (QED) is 0.600. The Balaban J connectivity index is 1.85. The van der Waals surface area contributed by atoms with E-state index in [0.29, 0.717) is 30.0 Å². The molecule has 27 heavy (non-hydrogen) atoms. The van der Waals surface area contributed by atoms with Gasteiger partial charge in [0.2, 0.25) is 0 Å². The standard InChI is InChI=1S/C21H22N2O4/c1-25-18-9-8-15(12-19(18)26-2)13-20-22-10-11-23(20)14-16-6-4-5-7-17(16)21(24)27-3/h4-12H,13-14H2,1-3H3. The Kier molecular flexibility index (Phi) is 5.76. The van der Waals surface area contributed by atoms with Crippen molar-refractivity contribution in [1.29, 1.82) is 0 Å². The lowest BCUT2D eigenvalue weighted by Crippen LogP contribution is -2.11. The summed E-state index contributed by atoms with van der Waals surface area (Å²) in [5.74, 6) is 1.93. The Hall–Kier alpha value is -3.28. The highest BCUT2D eigenvalue weighted by molar-refractivity contribution is 5.90. The number of rotatable bonds is 7. The van der Waals surface area contributed by atoms with Gasteiger partial charge in [0, 0.05) is 25.4 Å². The van der Waals surface area contributed by atoms with Crippen LogP contribution in [0.25, 0.3) is 0 Å². The van der Waals surface area contributed by atoms with Gasteiger partial charge in [0.15, 0.2) is 11.5 Å². The topological polar surface area (TPSA) is 62.6 Å². The zero-order valence-electron chi connectivity index (χ0n) is 15.6. The smallest absolute Gasteiger partial charge is 0.338 e. The molecule has 0 radical (unpaired) electrons. The monoisotopic (exact) mass is 366 g/mol. The molecular weight excluding hydrogens is 344 g/mol. The molecule has 1 heterocycles. The van der Waals surface area contributed by atoms with E-state index in [2.05, 4.69) is 4.98 Å². The number of methoxy groups -OCH3 is 3. The van der Waals surface area contributed by atoms with Gasteiger partial charge in [-0.2, -0.15) is 0 Å². The average molecular weight is 366 g/mol. The summed E-state index contributed by atoms with van der Waals surface area (Å²) in [7, 11) is 4.62. The van der Waals surface area contributed by atoms with Crippen LogP contribution in [0, 0.1) is 0 Å². The van der Waals surface area contributed by atoms with E-state index in [4.69, 9.17) is 14.2 Å². The van der Waals surface area contributed by atoms with Crippen molar-refractivity contribution in [3.63, 3.8) is 0 Å². The van der Waals surface area contributed by atoms with Crippen LogP contribution in [-0.4, -0.2) is 36.8 Å². The number of aromatic nitrogens is 2. The normalized spacial score (nSPS) is 10.5. The first-order valence-electron chi connectivity index (χ1n) is 8.53. The second-order valence-corrected chi connectivity index (χ2v) is 5.99. The molecule has 0 saturated heterocycles. The van der Waals surface area contributed by atoms with Crippen LogP contribution in [0.5, 0.6) is 11.5 Å². The minimum absolute atomic E-state index is 0.341. The third-order valence-corrected chi connectivity index (χ3v) is 4.38. The molecule has 3 rings (SSSR count). The van der Waals surface area contributed by atoms with E-state index in [1.165, 1.54) is 7.11 Å². The largest absolute Gasteiger partial charge is 0.493 e. The maximum absolute atomic E-state index is 12.0. The molecule has 0 bridgehead atoms. The van der Waals surface area contributed by atoms with Crippen molar-refractivity contribution in [3.8, 4) is 11.5 Å². The van der Waals surface area contributed by atoms with Gasteiger partial charge >= 0.3 is 5.97 Å². The number of imidazole rings is 1. The van der Waals surface area contributed by atoms with Gasteiger partial charge in [0.05, 0.1) is 26.9 Å².